The van der Waals surface area contributed by atoms with Crippen molar-refractivity contribution in [2.75, 3.05) is 55.6 Å². The first-order chi connectivity index (χ1) is 18.5. The van der Waals surface area contributed by atoms with Crippen LogP contribution in [0.1, 0.15) is 33.6 Å². The molecule has 7 nitrogen and oxygen atoms in total. The van der Waals surface area contributed by atoms with E-state index in [2.05, 4.69) is 45.4 Å². The average Bonchev–Trinajstić information content (AvgIpc) is 3.16. The van der Waals surface area contributed by atoms with Gasteiger partial charge < -0.3 is 14.7 Å². The van der Waals surface area contributed by atoms with Gasteiger partial charge in [-0.1, -0.05) is 31.5 Å². The molecule has 5 rings (SSSR count). The van der Waals surface area contributed by atoms with E-state index in [4.69, 9.17) is 21.6 Å². The lowest BCUT2D eigenvalue weighted by Crippen LogP contribution is -2.53. The van der Waals surface area contributed by atoms with Crippen molar-refractivity contribution in [3.63, 3.8) is 0 Å². The molecule has 202 valence electrons. The SMILES string of the molecule is CCC1CN(c2nc(-c3ccc(F)cc3)cc(N3CCN(C4=C(Cl)C=CCC=N4)CC3C)n2)CCN1CC. The van der Waals surface area contributed by atoms with E-state index >= 15 is 0 Å². The van der Waals surface area contributed by atoms with Crippen LogP contribution in [0.5, 0.6) is 0 Å². The second kappa shape index (κ2) is 11.8. The molecule has 0 bridgehead atoms. The fourth-order valence-corrected chi connectivity index (χ4v) is 5.85. The van der Waals surface area contributed by atoms with Crippen LogP contribution < -0.4 is 9.80 Å². The van der Waals surface area contributed by atoms with Crippen molar-refractivity contribution in [2.24, 2.45) is 4.99 Å². The molecule has 1 aromatic carbocycles. The number of aromatic nitrogens is 2. The highest BCUT2D eigenvalue weighted by atomic mass is 35.5. The number of anilines is 2. The molecule has 2 unspecified atom stereocenters. The van der Waals surface area contributed by atoms with Gasteiger partial charge >= 0.3 is 0 Å². The molecule has 2 saturated heterocycles. The van der Waals surface area contributed by atoms with Crippen LogP contribution in [-0.2, 0) is 0 Å². The average molecular weight is 538 g/mol. The number of hydrogen-bond donors (Lipinski definition) is 0. The Kier molecular flexibility index (Phi) is 8.29. The van der Waals surface area contributed by atoms with Crippen molar-refractivity contribution in [1.29, 1.82) is 0 Å². The highest BCUT2D eigenvalue weighted by Crippen LogP contribution is 2.30. The summed E-state index contributed by atoms with van der Waals surface area (Å²) in [5, 5.41) is 0.680. The Morgan fingerprint density at radius 1 is 1.00 bits per heavy atom. The van der Waals surface area contributed by atoms with Gasteiger partial charge in [-0.05, 0) is 50.2 Å². The quantitative estimate of drug-likeness (QED) is 0.508. The number of likely N-dealkylation sites (N-methyl/N-ethyl adjacent to an activating group) is 1. The Labute approximate surface area is 230 Å². The van der Waals surface area contributed by atoms with Gasteiger partial charge in [-0.15, -0.1) is 0 Å². The zero-order valence-corrected chi connectivity index (χ0v) is 23.3. The minimum Gasteiger partial charge on any atom is -0.352 e. The summed E-state index contributed by atoms with van der Waals surface area (Å²) in [7, 11) is 0. The molecule has 2 atom stereocenters. The molecule has 2 aromatic rings. The van der Waals surface area contributed by atoms with Crippen LogP contribution >= 0.6 is 11.6 Å². The van der Waals surface area contributed by atoms with E-state index in [-0.39, 0.29) is 11.9 Å². The van der Waals surface area contributed by atoms with Crippen LogP contribution in [0, 0.1) is 5.82 Å². The number of allylic oxidation sites excluding steroid dienone is 3. The van der Waals surface area contributed by atoms with E-state index in [9.17, 15) is 4.39 Å². The summed E-state index contributed by atoms with van der Waals surface area (Å²) in [5.41, 5.74) is 1.70. The van der Waals surface area contributed by atoms with Crippen molar-refractivity contribution < 1.29 is 4.39 Å². The highest BCUT2D eigenvalue weighted by Gasteiger charge is 2.30. The third-order valence-electron chi connectivity index (χ3n) is 7.76. The van der Waals surface area contributed by atoms with E-state index in [1.165, 1.54) is 12.1 Å². The maximum absolute atomic E-state index is 13.7. The summed E-state index contributed by atoms with van der Waals surface area (Å²) in [6.45, 7) is 12.9. The molecule has 0 N–H and O–H groups in total. The number of piperazine rings is 2. The number of hydrogen-bond acceptors (Lipinski definition) is 7. The smallest absolute Gasteiger partial charge is 0.227 e. The Morgan fingerprint density at radius 3 is 2.53 bits per heavy atom. The molecule has 0 amide bonds. The summed E-state index contributed by atoms with van der Waals surface area (Å²) in [5.74, 6) is 2.23. The van der Waals surface area contributed by atoms with Gasteiger partial charge in [-0.3, -0.25) is 4.90 Å². The van der Waals surface area contributed by atoms with Crippen LogP contribution in [0.15, 0.2) is 58.3 Å². The molecule has 3 aliphatic rings. The largest absolute Gasteiger partial charge is 0.352 e. The van der Waals surface area contributed by atoms with Gasteiger partial charge in [0.1, 0.15) is 17.5 Å². The molecule has 0 spiro atoms. The van der Waals surface area contributed by atoms with Gasteiger partial charge in [0, 0.05) is 75.6 Å². The van der Waals surface area contributed by atoms with Gasteiger partial charge in [0.15, 0.2) is 0 Å². The molecule has 3 aliphatic heterocycles. The minimum absolute atomic E-state index is 0.187. The predicted molar refractivity (Wildman–Crippen MR) is 154 cm³/mol. The molecular formula is C29H37ClFN7. The van der Waals surface area contributed by atoms with E-state index in [1.807, 2.05) is 24.4 Å². The van der Waals surface area contributed by atoms with E-state index < -0.39 is 0 Å². The predicted octanol–water partition coefficient (Wildman–Crippen LogP) is 5.15. The molecule has 0 saturated carbocycles. The minimum atomic E-state index is -0.251. The Morgan fingerprint density at radius 2 is 1.79 bits per heavy atom. The van der Waals surface area contributed by atoms with Gasteiger partial charge in [0.05, 0.1) is 10.7 Å². The second-order valence-electron chi connectivity index (χ2n) is 10.2. The fraction of sp³-hybridized carbons (Fsp3) is 0.483. The van der Waals surface area contributed by atoms with E-state index in [1.54, 1.807) is 12.1 Å². The number of nitrogens with zero attached hydrogens (tertiary/aromatic N) is 7. The first kappa shape index (κ1) is 26.6. The Hall–Kier alpha value is -2.97. The number of aliphatic imine (C=N–C) groups is 1. The summed E-state index contributed by atoms with van der Waals surface area (Å²) in [6.07, 6.45) is 7.75. The number of benzene rings is 1. The van der Waals surface area contributed by atoms with Crippen molar-refractivity contribution in [3.05, 3.63) is 59.2 Å². The molecular weight excluding hydrogens is 501 g/mol. The van der Waals surface area contributed by atoms with E-state index in [0.717, 1.165) is 87.5 Å². The normalized spacial score (nSPS) is 22.8. The number of halogens is 2. The second-order valence-corrected chi connectivity index (χ2v) is 10.6. The van der Waals surface area contributed by atoms with Crippen LogP contribution in [0.25, 0.3) is 11.3 Å². The van der Waals surface area contributed by atoms with Crippen molar-refractivity contribution in [2.45, 2.75) is 45.7 Å². The van der Waals surface area contributed by atoms with Gasteiger partial charge in [0.2, 0.25) is 5.95 Å². The first-order valence-corrected chi connectivity index (χ1v) is 14.1. The lowest BCUT2D eigenvalue weighted by Gasteiger charge is -2.43. The Bertz CT molecular complexity index is 1210. The zero-order valence-electron chi connectivity index (χ0n) is 22.5. The molecule has 1 aromatic heterocycles. The molecule has 4 heterocycles. The van der Waals surface area contributed by atoms with Gasteiger partial charge in [0.25, 0.3) is 0 Å². The third-order valence-corrected chi connectivity index (χ3v) is 8.05. The number of rotatable bonds is 6. The maximum atomic E-state index is 13.7. The summed E-state index contributed by atoms with van der Waals surface area (Å²) in [4.78, 5) is 24.2. The summed E-state index contributed by atoms with van der Waals surface area (Å²) < 4.78 is 13.7. The summed E-state index contributed by atoms with van der Waals surface area (Å²) >= 11 is 6.54. The lowest BCUT2D eigenvalue weighted by molar-refractivity contribution is 0.180. The van der Waals surface area contributed by atoms with Crippen molar-refractivity contribution in [1.82, 2.24) is 19.8 Å². The van der Waals surface area contributed by atoms with Crippen LogP contribution in [0.3, 0.4) is 0 Å². The van der Waals surface area contributed by atoms with Crippen LogP contribution in [-0.4, -0.2) is 83.9 Å². The topological polar surface area (TPSA) is 51.1 Å². The van der Waals surface area contributed by atoms with Gasteiger partial charge in [-0.25, -0.2) is 14.4 Å². The Balaban J connectivity index is 1.45. The van der Waals surface area contributed by atoms with Crippen LogP contribution in [0.2, 0.25) is 0 Å². The highest BCUT2D eigenvalue weighted by molar-refractivity contribution is 6.31. The standard InChI is InChI=1S/C29H37ClFN7/c1-4-24-20-37(15-14-35(24)5-2)29-33-26(22-9-11-23(31)12-10-22)18-27(34-29)38-17-16-36(19-21(38)3)28-25(30)8-6-7-13-32-28/h6,8-13,18,21,24H,4-5,7,14-17,19-20H2,1-3H3. The maximum Gasteiger partial charge on any atom is 0.227 e. The first-order valence-electron chi connectivity index (χ1n) is 13.7. The van der Waals surface area contributed by atoms with Crippen LogP contribution in [0.4, 0.5) is 16.2 Å². The third kappa shape index (κ3) is 5.71. The zero-order chi connectivity index (χ0) is 26.6. The molecule has 9 heteroatoms. The monoisotopic (exact) mass is 537 g/mol. The van der Waals surface area contributed by atoms with Gasteiger partial charge in [-0.2, -0.15) is 4.98 Å². The molecule has 2 fully saturated rings. The molecule has 38 heavy (non-hydrogen) atoms. The molecule has 0 aliphatic carbocycles. The van der Waals surface area contributed by atoms with Crippen molar-refractivity contribution >= 4 is 29.6 Å². The lowest BCUT2D eigenvalue weighted by atomic mass is 10.1. The van der Waals surface area contributed by atoms with Crippen molar-refractivity contribution in [3.8, 4) is 11.3 Å². The summed E-state index contributed by atoms with van der Waals surface area (Å²) in [6, 6.07) is 9.28. The fourth-order valence-electron chi connectivity index (χ4n) is 5.59. The molecule has 0 radical (unpaired) electrons. The van der Waals surface area contributed by atoms with E-state index in [0.29, 0.717) is 11.1 Å².